The van der Waals surface area contributed by atoms with Gasteiger partial charge in [-0.2, -0.15) is 5.10 Å². The van der Waals surface area contributed by atoms with Crippen LogP contribution in [0.2, 0.25) is 0 Å². The van der Waals surface area contributed by atoms with E-state index >= 15 is 0 Å². The maximum atomic E-state index is 13.4. The second-order valence-electron chi connectivity index (χ2n) is 8.51. The molecule has 2 aromatic heterocycles. The fraction of sp³-hybridized carbons (Fsp3) is 0.250. The number of hydrogen-bond acceptors (Lipinski definition) is 8. The number of carbonyl (C=O) groups excluding carboxylic acids is 3. The Labute approximate surface area is 198 Å². The Morgan fingerprint density at radius 3 is 2.69 bits per heavy atom. The fourth-order valence-electron chi connectivity index (χ4n) is 4.49. The number of benzene rings is 1. The van der Waals surface area contributed by atoms with Crippen molar-refractivity contribution in [3.8, 4) is 11.5 Å². The number of hydrazone groups is 1. The third-order valence-electron chi connectivity index (χ3n) is 6.36. The first kappa shape index (κ1) is 21.0. The number of nitrogens with one attached hydrogen (secondary N) is 1. The molecular weight excluding hydrogens is 456 g/mol. The monoisotopic (exact) mass is 476 g/mol. The Morgan fingerprint density at radius 2 is 1.91 bits per heavy atom. The van der Waals surface area contributed by atoms with Gasteiger partial charge in [-0.3, -0.25) is 14.5 Å². The van der Waals surface area contributed by atoms with Gasteiger partial charge in [0.05, 0.1) is 12.5 Å². The highest BCUT2D eigenvalue weighted by Gasteiger charge is 2.50. The lowest BCUT2D eigenvalue weighted by Crippen LogP contribution is -2.43. The largest absolute Gasteiger partial charge is 0.467 e. The number of rotatable bonds is 5. The molecule has 2 atom stereocenters. The molecule has 0 radical (unpaired) electrons. The molecule has 0 saturated carbocycles. The van der Waals surface area contributed by atoms with Crippen LogP contribution in [0, 0.1) is 0 Å². The summed E-state index contributed by atoms with van der Waals surface area (Å²) in [6.07, 6.45) is 3.40. The van der Waals surface area contributed by atoms with Crippen molar-refractivity contribution < 1.29 is 32.7 Å². The van der Waals surface area contributed by atoms with E-state index in [2.05, 4.69) is 10.4 Å². The zero-order chi connectivity index (χ0) is 24.2. The van der Waals surface area contributed by atoms with E-state index < -0.39 is 36.0 Å². The van der Waals surface area contributed by atoms with Crippen molar-refractivity contribution in [2.75, 3.05) is 13.3 Å². The van der Waals surface area contributed by atoms with Crippen molar-refractivity contribution in [3.05, 3.63) is 72.1 Å². The maximum absolute atomic E-state index is 13.4. The van der Waals surface area contributed by atoms with E-state index in [4.69, 9.17) is 18.3 Å². The van der Waals surface area contributed by atoms with Crippen LogP contribution >= 0.6 is 0 Å². The first-order valence-electron chi connectivity index (χ1n) is 10.9. The van der Waals surface area contributed by atoms with Gasteiger partial charge in [0.2, 0.25) is 6.79 Å². The predicted octanol–water partition coefficient (Wildman–Crippen LogP) is 2.75. The lowest BCUT2D eigenvalue weighted by molar-refractivity contribution is -0.140. The van der Waals surface area contributed by atoms with E-state index in [-0.39, 0.29) is 6.79 Å². The highest BCUT2D eigenvalue weighted by Crippen LogP contribution is 2.38. The first-order valence-corrected chi connectivity index (χ1v) is 10.9. The Balaban J connectivity index is 1.26. The molecule has 3 aromatic rings. The van der Waals surface area contributed by atoms with Crippen LogP contribution in [0.25, 0.3) is 0 Å². The average molecular weight is 476 g/mol. The second kappa shape index (κ2) is 7.76. The number of hydrogen-bond donors (Lipinski definition) is 1. The summed E-state index contributed by atoms with van der Waals surface area (Å²) < 4.78 is 21.7. The molecule has 1 saturated heterocycles. The molecule has 0 aliphatic carbocycles. The van der Waals surface area contributed by atoms with Gasteiger partial charge in [-0.25, -0.2) is 9.80 Å². The molecule has 1 fully saturated rings. The smallest absolute Gasteiger partial charge is 0.325 e. The predicted molar refractivity (Wildman–Crippen MR) is 118 cm³/mol. The van der Waals surface area contributed by atoms with Crippen LogP contribution in [-0.4, -0.2) is 46.8 Å². The molecular formula is C24H20N4O7. The van der Waals surface area contributed by atoms with Crippen LogP contribution in [0.3, 0.4) is 0 Å². The first-order chi connectivity index (χ1) is 16.9. The summed E-state index contributed by atoms with van der Waals surface area (Å²) in [6.45, 7) is 1.19. The number of imide groups is 1. The minimum atomic E-state index is -1.37. The third kappa shape index (κ3) is 3.35. The van der Waals surface area contributed by atoms with Crippen LogP contribution in [0.15, 0.2) is 68.9 Å². The van der Waals surface area contributed by atoms with E-state index in [0.29, 0.717) is 40.7 Å². The van der Waals surface area contributed by atoms with Crippen LogP contribution in [-0.2, 0) is 15.1 Å². The van der Waals surface area contributed by atoms with Crippen LogP contribution in [0.5, 0.6) is 11.5 Å². The molecule has 4 amide bonds. The van der Waals surface area contributed by atoms with Crippen molar-refractivity contribution in [2.24, 2.45) is 5.10 Å². The lowest BCUT2D eigenvalue weighted by Gasteiger charge is -2.24. The van der Waals surface area contributed by atoms with Crippen molar-refractivity contribution >= 4 is 23.6 Å². The van der Waals surface area contributed by atoms with Gasteiger partial charge in [0.25, 0.3) is 11.8 Å². The molecule has 3 aliphatic rings. The molecule has 3 aliphatic heterocycles. The Morgan fingerprint density at radius 1 is 1.11 bits per heavy atom. The zero-order valence-corrected chi connectivity index (χ0v) is 18.6. The van der Waals surface area contributed by atoms with Gasteiger partial charge in [0.1, 0.15) is 35.4 Å². The molecule has 0 spiro atoms. The number of amides is 4. The van der Waals surface area contributed by atoms with E-state index in [9.17, 15) is 14.4 Å². The number of furan rings is 2. The zero-order valence-electron chi connectivity index (χ0n) is 18.6. The van der Waals surface area contributed by atoms with Crippen molar-refractivity contribution in [1.29, 1.82) is 0 Å². The average Bonchev–Trinajstić information content (AvgIpc) is 3.67. The molecule has 5 heterocycles. The van der Waals surface area contributed by atoms with E-state index in [1.54, 1.807) is 49.4 Å². The minimum Gasteiger partial charge on any atom is -0.467 e. The molecule has 178 valence electrons. The number of ether oxygens (including phenoxy) is 2. The molecule has 11 nitrogen and oxygen atoms in total. The number of carbonyl (C=O) groups is 3. The molecule has 35 heavy (non-hydrogen) atoms. The number of fused-ring (bicyclic) bond motifs is 1. The lowest BCUT2D eigenvalue weighted by atomic mass is 9.91. The molecule has 1 N–H and O–H groups in total. The SMILES string of the molecule is CC1(c2ccc3c(c2)OCO3)NC(=O)N(CC(=O)N2N=C(c3ccco3)CC2c2ccco2)C1=O. The topological polar surface area (TPSA) is 127 Å². The van der Waals surface area contributed by atoms with Crippen molar-refractivity contribution in [1.82, 2.24) is 15.2 Å². The molecule has 11 heteroatoms. The number of urea groups is 1. The highest BCUT2D eigenvalue weighted by molar-refractivity contribution is 6.09. The summed E-state index contributed by atoms with van der Waals surface area (Å²) in [6, 6.07) is 10.8. The summed E-state index contributed by atoms with van der Waals surface area (Å²) in [5.41, 5.74) is -0.290. The van der Waals surface area contributed by atoms with Crippen molar-refractivity contribution in [3.63, 3.8) is 0 Å². The summed E-state index contributed by atoms with van der Waals surface area (Å²) >= 11 is 0. The summed E-state index contributed by atoms with van der Waals surface area (Å²) in [4.78, 5) is 40.4. The highest BCUT2D eigenvalue weighted by atomic mass is 16.7. The Hall–Kier alpha value is -4.54. The van der Waals surface area contributed by atoms with Gasteiger partial charge in [-0.05, 0) is 48.9 Å². The van der Waals surface area contributed by atoms with Gasteiger partial charge >= 0.3 is 6.03 Å². The van der Waals surface area contributed by atoms with Crippen molar-refractivity contribution in [2.45, 2.75) is 24.9 Å². The number of nitrogens with zero attached hydrogens (tertiary/aromatic N) is 3. The third-order valence-corrected chi connectivity index (χ3v) is 6.36. The molecule has 2 unspecified atom stereocenters. The summed E-state index contributed by atoms with van der Waals surface area (Å²) in [7, 11) is 0. The van der Waals surface area contributed by atoms with E-state index in [1.807, 2.05) is 0 Å². The molecule has 0 bridgehead atoms. The normalized spacial score (nSPS) is 23.1. The Kier molecular flexibility index (Phi) is 4.66. The van der Waals surface area contributed by atoms with E-state index in [1.165, 1.54) is 17.5 Å². The van der Waals surface area contributed by atoms with Crippen LogP contribution < -0.4 is 14.8 Å². The summed E-state index contributed by atoms with van der Waals surface area (Å²) in [5.74, 6) is 1.02. The standard InChI is InChI=1S/C24H20N4O7/c1-24(14-6-7-19-20(10-14)35-13-34-19)22(30)27(23(31)25-24)12-21(29)28-16(18-5-3-9-33-18)11-15(26-28)17-4-2-8-32-17/h2-10,16H,11-13H2,1H3,(H,25,31). The maximum Gasteiger partial charge on any atom is 0.325 e. The molecule has 1 aromatic carbocycles. The van der Waals surface area contributed by atoms with Crippen LogP contribution in [0.1, 0.15) is 36.5 Å². The Bertz CT molecular complexity index is 1350. The van der Waals surface area contributed by atoms with Gasteiger partial charge in [-0.15, -0.1) is 0 Å². The van der Waals surface area contributed by atoms with Gasteiger partial charge in [0, 0.05) is 6.42 Å². The fourth-order valence-corrected chi connectivity index (χ4v) is 4.49. The summed E-state index contributed by atoms with van der Waals surface area (Å²) in [5, 5.41) is 8.39. The van der Waals surface area contributed by atoms with E-state index in [0.717, 1.165) is 4.90 Å². The van der Waals surface area contributed by atoms with Crippen LogP contribution in [0.4, 0.5) is 4.79 Å². The second-order valence-corrected chi connectivity index (χ2v) is 8.51. The quantitative estimate of drug-likeness (QED) is 0.561. The van der Waals surface area contributed by atoms with Gasteiger partial charge < -0.3 is 23.6 Å². The van der Waals surface area contributed by atoms with Gasteiger partial charge in [0.15, 0.2) is 11.5 Å². The van der Waals surface area contributed by atoms with Gasteiger partial charge in [-0.1, -0.05) is 6.07 Å². The molecule has 6 rings (SSSR count). The minimum absolute atomic E-state index is 0.0869.